The van der Waals surface area contributed by atoms with Crippen molar-refractivity contribution in [3.05, 3.63) is 0 Å². The third kappa shape index (κ3) is 4.19. The summed E-state index contributed by atoms with van der Waals surface area (Å²) >= 11 is 0. The molecule has 0 heterocycles. The monoisotopic (exact) mass is 268 g/mol. The van der Waals surface area contributed by atoms with Gasteiger partial charge in [0.05, 0.1) is 0 Å². The molecule has 2 N–H and O–H groups in total. The van der Waals surface area contributed by atoms with Crippen LogP contribution in [0.1, 0.15) is 73.1 Å². The van der Waals surface area contributed by atoms with E-state index in [0.717, 1.165) is 18.4 Å². The summed E-state index contributed by atoms with van der Waals surface area (Å²) in [5, 5.41) is 0. The molecule has 3 atom stereocenters. The molecule has 1 saturated carbocycles. The first-order valence-corrected chi connectivity index (χ1v) is 8.43. The van der Waals surface area contributed by atoms with Gasteiger partial charge in [0.1, 0.15) is 0 Å². The molecule has 2 heteroatoms. The van der Waals surface area contributed by atoms with Crippen molar-refractivity contribution in [3.8, 4) is 0 Å². The number of rotatable bonds is 7. The Hall–Kier alpha value is -0.0800. The lowest BCUT2D eigenvalue weighted by Crippen LogP contribution is -2.59. The van der Waals surface area contributed by atoms with Gasteiger partial charge in [-0.15, -0.1) is 0 Å². The molecule has 2 nitrogen and oxygen atoms in total. The van der Waals surface area contributed by atoms with Gasteiger partial charge < -0.3 is 5.73 Å². The molecule has 0 spiro atoms. The van der Waals surface area contributed by atoms with E-state index < -0.39 is 0 Å². The van der Waals surface area contributed by atoms with Gasteiger partial charge in [0, 0.05) is 18.1 Å². The minimum atomic E-state index is 0.272. The summed E-state index contributed by atoms with van der Waals surface area (Å²) < 4.78 is 0. The summed E-state index contributed by atoms with van der Waals surface area (Å²) in [6, 6.07) is 0.612. The lowest BCUT2D eigenvalue weighted by atomic mass is 9.70. The molecule has 0 aliphatic heterocycles. The number of unbranched alkanes of at least 4 members (excludes halogenated alkanes) is 2. The van der Waals surface area contributed by atoms with E-state index in [2.05, 4.69) is 39.5 Å². The van der Waals surface area contributed by atoms with Gasteiger partial charge in [-0.05, 0) is 57.9 Å². The predicted octanol–water partition coefficient (Wildman–Crippen LogP) is 4.04. The zero-order chi connectivity index (χ0) is 14.5. The molecule has 1 aliphatic rings. The Morgan fingerprint density at radius 2 is 1.89 bits per heavy atom. The second kappa shape index (κ2) is 7.64. The molecule has 0 aromatic rings. The van der Waals surface area contributed by atoms with Gasteiger partial charge >= 0.3 is 0 Å². The molecule has 1 aliphatic carbocycles. The zero-order valence-electron chi connectivity index (χ0n) is 13.9. The molecule has 114 valence electrons. The molecular weight excluding hydrogens is 232 g/mol. The molecule has 19 heavy (non-hydrogen) atoms. The summed E-state index contributed by atoms with van der Waals surface area (Å²) in [6.45, 7) is 13.8. The number of hydrogen-bond acceptors (Lipinski definition) is 2. The molecule has 1 fully saturated rings. The Morgan fingerprint density at radius 1 is 1.21 bits per heavy atom. The van der Waals surface area contributed by atoms with Crippen LogP contribution in [-0.2, 0) is 0 Å². The molecule has 0 saturated heterocycles. The van der Waals surface area contributed by atoms with E-state index in [1.54, 1.807) is 0 Å². The van der Waals surface area contributed by atoms with Crippen molar-refractivity contribution in [1.82, 2.24) is 4.90 Å². The van der Waals surface area contributed by atoms with E-state index in [0.29, 0.717) is 6.04 Å². The molecule has 0 amide bonds. The van der Waals surface area contributed by atoms with Gasteiger partial charge in [0.25, 0.3) is 0 Å². The first-order chi connectivity index (χ1) is 8.96. The Kier molecular flexibility index (Phi) is 6.82. The molecular formula is C17H36N2. The average molecular weight is 268 g/mol. The van der Waals surface area contributed by atoms with Crippen LogP contribution >= 0.6 is 0 Å². The Bertz CT molecular complexity index is 252. The maximum Gasteiger partial charge on any atom is 0.0337 e. The minimum absolute atomic E-state index is 0.272. The van der Waals surface area contributed by atoms with E-state index in [9.17, 15) is 0 Å². The van der Waals surface area contributed by atoms with Crippen LogP contribution in [0.3, 0.4) is 0 Å². The predicted molar refractivity (Wildman–Crippen MR) is 85.3 cm³/mol. The van der Waals surface area contributed by atoms with E-state index in [-0.39, 0.29) is 5.54 Å². The topological polar surface area (TPSA) is 29.3 Å². The van der Waals surface area contributed by atoms with Crippen LogP contribution in [0.15, 0.2) is 0 Å². The quantitative estimate of drug-likeness (QED) is 0.706. The van der Waals surface area contributed by atoms with Crippen molar-refractivity contribution in [2.24, 2.45) is 17.6 Å². The van der Waals surface area contributed by atoms with Crippen molar-refractivity contribution in [2.75, 3.05) is 13.1 Å². The van der Waals surface area contributed by atoms with Crippen molar-refractivity contribution in [3.63, 3.8) is 0 Å². The molecule has 1 rings (SSSR count). The smallest absolute Gasteiger partial charge is 0.0337 e. The van der Waals surface area contributed by atoms with E-state index >= 15 is 0 Å². The fourth-order valence-corrected chi connectivity index (χ4v) is 3.82. The van der Waals surface area contributed by atoms with E-state index in [1.165, 1.54) is 45.1 Å². The fourth-order valence-electron chi connectivity index (χ4n) is 3.82. The zero-order valence-corrected chi connectivity index (χ0v) is 13.9. The van der Waals surface area contributed by atoms with Gasteiger partial charge in [-0.2, -0.15) is 0 Å². The standard InChI is InChI=1S/C17H36N2/c1-6-7-8-11-19(14(2)3)17(13-18)10-9-15(4)16(5)12-17/h14-16H,6-13,18H2,1-5H3. The third-order valence-electron chi connectivity index (χ3n) is 5.35. The second-order valence-electron chi connectivity index (χ2n) is 7.12. The van der Waals surface area contributed by atoms with Crippen LogP contribution in [0, 0.1) is 11.8 Å². The van der Waals surface area contributed by atoms with Gasteiger partial charge in [0.2, 0.25) is 0 Å². The summed E-state index contributed by atoms with van der Waals surface area (Å²) in [5.74, 6) is 1.68. The lowest BCUT2D eigenvalue weighted by molar-refractivity contribution is -0.00122. The SMILES string of the molecule is CCCCCN(C(C)C)C1(CN)CCC(C)C(C)C1. The molecule has 3 unspecified atom stereocenters. The van der Waals surface area contributed by atoms with Crippen LogP contribution in [0.4, 0.5) is 0 Å². The minimum Gasteiger partial charge on any atom is -0.329 e. The Balaban J connectivity index is 2.77. The highest BCUT2D eigenvalue weighted by Crippen LogP contribution is 2.40. The highest BCUT2D eigenvalue weighted by Gasteiger charge is 2.41. The largest absolute Gasteiger partial charge is 0.329 e. The summed E-state index contributed by atoms with van der Waals surface area (Å²) in [5.41, 5.74) is 6.52. The summed E-state index contributed by atoms with van der Waals surface area (Å²) in [6.07, 6.45) is 7.88. The fraction of sp³-hybridized carbons (Fsp3) is 1.00. The maximum atomic E-state index is 6.25. The van der Waals surface area contributed by atoms with Crippen molar-refractivity contribution < 1.29 is 0 Å². The summed E-state index contributed by atoms with van der Waals surface area (Å²) in [4.78, 5) is 2.73. The summed E-state index contributed by atoms with van der Waals surface area (Å²) in [7, 11) is 0. The van der Waals surface area contributed by atoms with Crippen molar-refractivity contribution in [1.29, 1.82) is 0 Å². The molecule has 0 bridgehead atoms. The van der Waals surface area contributed by atoms with Gasteiger partial charge in [-0.3, -0.25) is 4.90 Å². The van der Waals surface area contributed by atoms with E-state index in [4.69, 9.17) is 5.73 Å². The third-order valence-corrected chi connectivity index (χ3v) is 5.35. The first kappa shape index (κ1) is 17.0. The van der Waals surface area contributed by atoms with Crippen LogP contribution in [-0.4, -0.2) is 29.6 Å². The Labute approximate surface area is 121 Å². The van der Waals surface area contributed by atoms with Crippen LogP contribution in [0.2, 0.25) is 0 Å². The maximum absolute atomic E-state index is 6.25. The van der Waals surface area contributed by atoms with Crippen LogP contribution in [0.25, 0.3) is 0 Å². The van der Waals surface area contributed by atoms with Gasteiger partial charge in [-0.25, -0.2) is 0 Å². The highest BCUT2D eigenvalue weighted by atomic mass is 15.2. The van der Waals surface area contributed by atoms with Gasteiger partial charge in [-0.1, -0.05) is 33.6 Å². The normalized spacial score (nSPS) is 32.2. The molecule has 0 radical (unpaired) electrons. The average Bonchev–Trinajstić information content (AvgIpc) is 2.38. The second-order valence-corrected chi connectivity index (χ2v) is 7.12. The van der Waals surface area contributed by atoms with E-state index in [1.807, 2.05) is 0 Å². The molecule has 0 aromatic heterocycles. The highest BCUT2D eigenvalue weighted by molar-refractivity contribution is 4.98. The van der Waals surface area contributed by atoms with Crippen LogP contribution in [0.5, 0.6) is 0 Å². The number of hydrogen-bond donors (Lipinski definition) is 1. The lowest BCUT2D eigenvalue weighted by Gasteiger charge is -2.51. The number of nitrogens with two attached hydrogens (primary N) is 1. The first-order valence-electron chi connectivity index (χ1n) is 8.43. The number of nitrogens with zero attached hydrogens (tertiary/aromatic N) is 1. The van der Waals surface area contributed by atoms with Crippen molar-refractivity contribution >= 4 is 0 Å². The molecule has 0 aromatic carbocycles. The Morgan fingerprint density at radius 3 is 2.37 bits per heavy atom. The van der Waals surface area contributed by atoms with Gasteiger partial charge in [0.15, 0.2) is 0 Å². The van der Waals surface area contributed by atoms with Crippen molar-refractivity contribution in [2.45, 2.75) is 84.7 Å². The van der Waals surface area contributed by atoms with Crippen LogP contribution < -0.4 is 5.73 Å².